The van der Waals surface area contributed by atoms with Crippen LogP contribution in [0, 0.1) is 0 Å². The zero-order valence-corrected chi connectivity index (χ0v) is 17.7. The summed E-state index contributed by atoms with van der Waals surface area (Å²) in [5.41, 5.74) is 4.13. The van der Waals surface area contributed by atoms with Gasteiger partial charge in [0, 0.05) is 23.5 Å². The average Bonchev–Trinajstić information content (AvgIpc) is 3.25. The first kappa shape index (κ1) is 20.7. The topological polar surface area (TPSA) is 63.4 Å². The average molecular weight is 415 g/mol. The number of benzene rings is 3. The SMILES string of the molecule is COC(=O)[C@@H](Cc1c[nH]c2cccc(OC)c12)NC(c1ccccc1)c1ccccc1. The Labute approximate surface area is 182 Å². The third-order valence-electron chi connectivity index (χ3n) is 5.51. The number of carbonyl (C=O) groups excluding carboxylic acids is 1. The molecule has 0 aliphatic carbocycles. The van der Waals surface area contributed by atoms with E-state index in [1.807, 2.05) is 60.8 Å². The number of nitrogens with one attached hydrogen (secondary N) is 2. The molecule has 4 rings (SSSR count). The number of H-pyrrole nitrogens is 1. The Morgan fingerprint density at radius 1 is 0.903 bits per heavy atom. The minimum atomic E-state index is -0.542. The Balaban J connectivity index is 1.70. The minimum Gasteiger partial charge on any atom is -0.496 e. The Bertz CT molecular complexity index is 1100. The van der Waals surface area contributed by atoms with Crippen LogP contribution in [0.1, 0.15) is 22.7 Å². The van der Waals surface area contributed by atoms with E-state index >= 15 is 0 Å². The van der Waals surface area contributed by atoms with E-state index in [0.717, 1.165) is 33.3 Å². The van der Waals surface area contributed by atoms with E-state index in [1.165, 1.54) is 7.11 Å². The fraction of sp³-hybridized carbons (Fsp3) is 0.192. The number of hydrogen-bond donors (Lipinski definition) is 2. The van der Waals surface area contributed by atoms with Crippen molar-refractivity contribution in [2.45, 2.75) is 18.5 Å². The first-order valence-electron chi connectivity index (χ1n) is 10.3. The molecule has 1 heterocycles. The molecule has 1 aromatic heterocycles. The molecule has 0 saturated heterocycles. The molecule has 31 heavy (non-hydrogen) atoms. The number of aromatic amines is 1. The summed E-state index contributed by atoms with van der Waals surface area (Å²) in [4.78, 5) is 16.1. The van der Waals surface area contributed by atoms with Crippen molar-refractivity contribution in [3.05, 3.63) is 102 Å². The second kappa shape index (κ2) is 9.49. The van der Waals surface area contributed by atoms with Crippen molar-refractivity contribution >= 4 is 16.9 Å². The smallest absolute Gasteiger partial charge is 0.323 e. The molecule has 0 bridgehead atoms. The molecule has 4 aromatic rings. The van der Waals surface area contributed by atoms with Gasteiger partial charge < -0.3 is 14.5 Å². The molecule has 3 aromatic carbocycles. The lowest BCUT2D eigenvalue weighted by Gasteiger charge is -2.25. The van der Waals surface area contributed by atoms with Gasteiger partial charge in [-0.2, -0.15) is 0 Å². The van der Waals surface area contributed by atoms with Gasteiger partial charge in [-0.05, 0) is 28.8 Å². The summed E-state index contributed by atoms with van der Waals surface area (Å²) in [6.45, 7) is 0. The van der Waals surface area contributed by atoms with Crippen molar-refractivity contribution < 1.29 is 14.3 Å². The Kier molecular flexibility index (Phi) is 6.34. The second-order valence-corrected chi connectivity index (χ2v) is 7.40. The summed E-state index contributed by atoms with van der Waals surface area (Å²) in [6, 6.07) is 25.4. The maximum atomic E-state index is 12.8. The largest absolute Gasteiger partial charge is 0.496 e. The van der Waals surface area contributed by atoms with Crippen LogP contribution in [0.3, 0.4) is 0 Å². The summed E-state index contributed by atoms with van der Waals surface area (Å²) < 4.78 is 10.7. The summed E-state index contributed by atoms with van der Waals surface area (Å²) in [5, 5.41) is 4.53. The Morgan fingerprint density at radius 2 is 1.55 bits per heavy atom. The highest BCUT2D eigenvalue weighted by Crippen LogP contribution is 2.30. The number of rotatable bonds is 8. The van der Waals surface area contributed by atoms with Crippen LogP contribution in [0.5, 0.6) is 5.75 Å². The number of fused-ring (bicyclic) bond motifs is 1. The Hall–Kier alpha value is -3.57. The monoisotopic (exact) mass is 414 g/mol. The highest BCUT2D eigenvalue weighted by Gasteiger charge is 2.26. The molecule has 0 radical (unpaired) electrons. The first-order chi connectivity index (χ1) is 15.2. The summed E-state index contributed by atoms with van der Waals surface area (Å²) in [5.74, 6) is 0.473. The normalized spacial score (nSPS) is 12.1. The van der Waals surface area contributed by atoms with E-state index in [-0.39, 0.29) is 12.0 Å². The van der Waals surface area contributed by atoms with Crippen LogP contribution >= 0.6 is 0 Å². The molecule has 0 fully saturated rings. The van der Waals surface area contributed by atoms with Crippen LogP contribution in [-0.4, -0.2) is 31.2 Å². The van der Waals surface area contributed by atoms with E-state index in [2.05, 4.69) is 34.6 Å². The highest BCUT2D eigenvalue weighted by atomic mass is 16.5. The van der Waals surface area contributed by atoms with Crippen molar-refractivity contribution in [2.24, 2.45) is 0 Å². The van der Waals surface area contributed by atoms with Crippen molar-refractivity contribution in [3.8, 4) is 5.75 Å². The maximum Gasteiger partial charge on any atom is 0.323 e. The molecule has 2 N–H and O–H groups in total. The van der Waals surface area contributed by atoms with Gasteiger partial charge in [0.25, 0.3) is 0 Å². The molecule has 158 valence electrons. The second-order valence-electron chi connectivity index (χ2n) is 7.40. The Morgan fingerprint density at radius 3 is 2.13 bits per heavy atom. The number of ether oxygens (including phenoxy) is 2. The quantitative estimate of drug-likeness (QED) is 0.412. The fourth-order valence-corrected chi connectivity index (χ4v) is 4.00. The lowest BCUT2D eigenvalue weighted by molar-refractivity contribution is -0.143. The highest BCUT2D eigenvalue weighted by molar-refractivity contribution is 5.90. The zero-order valence-electron chi connectivity index (χ0n) is 17.7. The number of carbonyl (C=O) groups is 1. The van der Waals surface area contributed by atoms with Crippen molar-refractivity contribution in [1.29, 1.82) is 0 Å². The van der Waals surface area contributed by atoms with Crippen LogP contribution < -0.4 is 10.1 Å². The van der Waals surface area contributed by atoms with Crippen LogP contribution in [-0.2, 0) is 16.0 Å². The van der Waals surface area contributed by atoms with E-state index in [1.54, 1.807) is 7.11 Å². The van der Waals surface area contributed by atoms with Crippen LogP contribution in [0.25, 0.3) is 10.9 Å². The van der Waals surface area contributed by atoms with Crippen LogP contribution in [0.4, 0.5) is 0 Å². The van der Waals surface area contributed by atoms with E-state index in [0.29, 0.717) is 6.42 Å². The van der Waals surface area contributed by atoms with E-state index < -0.39 is 6.04 Å². The molecule has 5 heteroatoms. The molecule has 0 unspecified atom stereocenters. The van der Waals surface area contributed by atoms with Gasteiger partial charge in [0.2, 0.25) is 0 Å². The zero-order chi connectivity index (χ0) is 21.6. The minimum absolute atomic E-state index is 0.154. The molecule has 5 nitrogen and oxygen atoms in total. The predicted octanol–water partition coefficient (Wildman–Crippen LogP) is 4.64. The summed E-state index contributed by atoms with van der Waals surface area (Å²) in [6.07, 6.45) is 2.40. The summed E-state index contributed by atoms with van der Waals surface area (Å²) >= 11 is 0. The van der Waals surface area contributed by atoms with Crippen molar-refractivity contribution in [2.75, 3.05) is 14.2 Å². The van der Waals surface area contributed by atoms with E-state index in [4.69, 9.17) is 9.47 Å². The molecule has 0 aliphatic heterocycles. The summed E-state index contributed by atoms with van der Waals surface area (Å²) in [7, 11) is 3.08. The van der Waals surface area contributed by atoms with Gasteiger partial charge in [0.15, 0.2) is 0 Å². The van der Waals surface area contributed by atoms with Gasteiger partial charge in [-0.3, -0.25) is 10.1 Å². The molecule has 0 aliphatic rings. The van der Waals surface area contributed by atoms with E-state index in [9.17, 15) is 4.79 Å². The third-order valence-corrected chi connectivity index (χ3v) is 5.51. The lowest BCUT2D eigenvalue weighted by atomic mass is 9.96. The predicted molar refractivity (Wildman–Crippen MR) is 122 cm³/mol. The standard InChI is InChI=1S/C26H26N2O3/c1-30-23-15-9-14-21-24(23)20(17-27-21)16-22(26(29)31-2)28-25(18-10-5-3-6-11-18)19-12-7-4-8-13-19/h3-15,17,22,25,27-28H,16H2,1-2H3/t22-/m1/s1. The number of hydrogen-bond acceptors (Lipinski definition) is 4. The molecule has 0 saturated carbocycles. The molecule has 1 atom stereocenters. The van der Waals surface area contributed by atoms with Gasteiger partial charge in [-0.15, -0.1) is 0 Å². The number of aromatic nitrogens is 1. The lowest BCUT2D eigenvalue weighted by Crippen LogP contribution is -2.42. The van der Waals surface area contributed by atoms with Gasteiger partial charge in [0.05, 0.1) is 20.3 Å². The number of methoxy groups -OCH3 is 2. The van der Waals surface area contributed by atoms with Crippen LogP contribution in [0.15, 0.2) is 85.1 Å². The molecule has 0 amide bonds. The van der Waals surface area contributed by atoms with Crippen molar-refractivity contribution in [1.82, 2.24) is 10.3 Å². The van der Waals surface area contributed by atoms with Gasteiger partial charge in [0.1, 0.15) is 11.8 Å². The van der Waals surface area contributed by atoms with Crippen LogP contribution in [0.2, 0.25) is 0 Å². The molecular weight excluding hydrogens is 388 g/mol. The molecular formula is C26H26N2O3. The van der Waals surface area contributed by atoms with Gasteiger partial charge >= 0.3 is 5.97 Å². The molecule has 0 spiro atoms. The van der Waals surface area contributed by atoms with Gasteiger partial charge in [-0.25, -0.2) is 0 Å². The van der Waals surface area contributed by atoms with Crippen molar-refractivity contribution in [3.63, 3.8) is 0 Å². The maximum absolute atomic E-state index is 12.8. The number of esters is 1. The first-order valence-corrected chi connectivity index (χ1v) is 10.3. The van der Waals surface area contributed by atoms with Gasteiger partial charge in [-0.1, -0.05) is 66.7 Å². The fourth-order valence-electron chi connectivity index (χ4n) is 4.00. The third kappa shape index (κ3) is 4.47.